The summed E-state index contributed by atoms with van der Waals surface area (Å²) in [6, 6.07) is 7.10. The number of pyridine rings is 1. The summed E-state index contributed by atoms with van der Waals surface area (Å²) >= 11 is 0. The Labute approximate surface area is 140 Å². The number of aromatic nitrogens is 3. The van der Waals surface area contributed by atoms with E-state index in [4.69, 9.17) is 10.5 Å². The largest absolute Gasteiger partial charge is 0.494 e. The second-order valence-corrected chi connectivity index (χ2v) is 5.63. The van der Waals surface area contributed by atoms with Crippen molar-refractivity contribution in [1.29, 1.82) is 0 Å². The van der Waals surface area contributed by atoms with Gasteiger partial charge >= 0.3 is 0 Å². The zero-order chi connectivity index (χ0) is 17.3. The molecule has 0 aliphatic carbocycles. The SMILES string of the molecule is CCOc1ccc(-n2cc(-c3cnn(C)c3)c(N)cc2=O)c(C)c1. The van der Waals surface area contributed by atoms with Crippen molar-refractivity contribution >= 4 is 5.69 Å². The Bertz CT molecular complexity index is 940. The second-order valence-electron chi connectivity index (χ2n) is 5.63. The van der Waals surface area contributed by atoms with Gasteiger partial charge in [0.15, 0.2) is 0 Å². The van der Waals surface area contributed by atoms with Crippen molar-refractivity contribution in [3.05, 3.63) is 58.8 Å². The maximum absolute atomic E-state index is 12.4. The average molecular weight is 324 g/mol. The predicted molar refractivity (Wildman–Crippen MR) is 94.6 cm³/mol. The third kappa shape index (κ3) is 2.90. The Morgan fingerprint density at radius 3 is 2.67 bits per heavy atom. The van der Waals surface area contributed by atoms with Crippen molar-refractivity contribution < 1.29 is 4.74 Å². The van der Waals surface area contributed by atoms with E-state index in [-0.39, 0.29) is 5.56 Å². The van der Waals surface area contributed by atoms with Gasteiger partial charge in [-0.05, 0) is 37.6 Å². The number of hydrogen-bond donors (Lipinski definition) is 1. The fourth-order valence-electron chi connectivity index (χ4n) is 2.69. The van der Waals surface area contributed by atoms with Crippen molar-refractivity contribution in [2.24, 2.45) is 7.05 Å². The summed E-state index contributed by atoms with van der Waals surface area (Å²) in [5, 5.41) is 4.17. The lowest BCUT2D eigenvalue weighted by Crippen LogP contribution is -2.19. The molecular formula is C18H20N4O2. The van der Waals surface area contributed by atoms with E-state index >= 15 is 0 Å². The van der Waals surface area contributed by atoms with E-state index in [2.05, 4.69) is 5.10 Å². The lowest BCUT2D eigenvalue weighted by Gasteiger charge is -2.13. The Balaban J connectivity index is 2.13. The van der Waals surface area contributed by atoms with Gasteiger partial charge in [-0.15, -0.1) is 0 Å². The summed E-state index contributed by atoms with van der Waals surface area (Å²) in [7, 11) is 1.84. The van der Waals surface area contributed by atoms with Crippen molar-refractivity contribution in [3.8, 4) is 22.6 Å². The molecule has 124 valence electrons. The Hall–Kier alpha value is -3.02. The lowest BCUT2D eigenvalue weighted by atomic mass is 10.1. The number of hydrogen-bond acceptors (Lipinski definition) is 4. The molecule has 1 aromatic carbocycles. The first kappa shape index (κ1) is 15.9. The van der Waals surface area contributed by atoms with Gasteiger partial charge in [0.1, 0.15) is 5.75 Å². The molecule has 0 amide bonds. The highest BCUT2D eigenvalue weighted by Gasteiger charge is 2.11. The molecule has 0 radical (unpaired) electrons. The molecule has 0 spiro atoms. The molecular weight excluding hydrogens is 304 g/mol. The van der Waals surface area contributed by atoms with Crippen molar-refractivity contribution in [3.63, 3.8) is 0 Å². The van der Waals surface area contributed by atoms with Crippen LogP contribution in [0.2, 0.25) is 0 Å². The van der Waals surface area contributed by atoms with E-state index in [1.807, 2.05) is 45.3 Å². The first-order valence-corrected chi connectivity index (χ1v) is 7.74. The number of rotatable bonds is 4. The average Bonchev–Trinajstić information content (AvgIpc) is 2.95. The minimum absolute atomic E-state index is 0.174. The van der Waals surface area contributed by atoms with Gasteiger partial charge in [-0.2, -0.15) is 5.10 Å². The molecule has 0 atom stereocenters. The van der Waals surface area contributed by atoms with Crippen LogP contribution in [-0.2, 0) is 7.05 Å². The summed E-state index contributed by atoms with van der Waals surface area (Å²) in [4.78, 5) is 12.4. The topological polar surface area (TPSA) is 75.1 Å². The standard InChI is InChI=1S/C18H20N4O2/c1-4-24-14-5-6-17(12(2)7-14)22-11-15(16(19)8-18(22)23)13-9-20-21(3)10-13/h5-11H,4,19H2,1-3H3. The second kappa shape index (κ2) is 6.23. The molecule has 6 nitrogen and oxygen atoms in total. The maximum Gasteiger partial charge on any atom is 0.257 e. The first-order chi connectivity index (χ1) is 11.5. The van der Waals surface area contributed by atoms with Crippen LogP contribution in [0.1, 0.15) is 12.5 Å². The number of benzene rings is 1. The molecule has 24 heavy (non-hydrogen) atoms. The molecule has 0 aliphatic rings. The smallest absolute Gasteiger partial charge is 0.257 e. The molecule has 0 aliphatic heterocycles. The molecule has 2 heterocycles. The Morgan fingerprint density at radius 1 is 1.25 bits per heavy atom. The van der Waals surface area contributed by atoms with Crippen molar-refractivity contribution in [1.82, 2.24) is 14.3 Å². The van der Waals surface area contributed by atoms with Crippen LogP contribution in [0, 0.1) is 6.92 Å². The lowest BCUT2D eigenvalue weighted by molar-refractivity contribution is 0.340. The fraction of sp³-hybridized carbons (Fsp3) is 0.222. The molecule has 2 N–H and O–H groups in total. The molecule has 6 heteroatoms. The third-order valence-corrected chi connectivity index (χ3v) is 3.84. The predicted octanol–water partition coefficient (Wildman–Crippen LogP) is 2.53. The summed E-state index contributed by atoms with van der Waals surface area (Å²) in [5.74, 6) is 0.787. The van der Waals surface area contributed by atoms with E-state index in [0.29, 0.717) is 12.3 Å². The van der Waals surface area contributed by atoms with Gasteiger partial charge < -0.3 is 10.5 Å². The minimum Gasteiger partial charge on any atom is -0.494 e. The molecule has 0 unspecified atom stereocenters. The van der Waals surface area contributed by atoms with Crippen LogP contribution >= 0.6 is 0 Å². The molecule has 0 fully saturated rings. The minimum atomic E-state index is -0.174. The van der Waals surface area contributed by atoms with Gasteiger partial charge in [0.05, 0.1) is 18.5 Å². The van der Waals surface area contributed by atoms with E-state index in [0.717, 1.165) is 28.1 Å². The van der Waals surface area contributed by atoms with E-state index < -0.39 is 0 Å². The number of ether oxygens (including phenoxy) is 1. The Kier molecular flexibility index (Phi) is 4.12. The molecule has 0 saturated carbocycles. The van der Waals surface area contributed by atoms with Gasteiger partial charge in [0.2, 0.25) is 0 Å². The highest BCUT2D eigenvalue weighted by atomic mass is 16.5. The molecule has 0 bridgehead atoms. The van der Waals surface area contributed by atoms with Gasteiger partial charge in [0.25, 0.3) is 5.56 Å². The molecule has 3 aromatic rings. The van der Waals surface area contributed by atoms with Gasteiger partial charge in [0, 0.05) is 42.3 Å². The van der Waals surface area contributed by atoms with Crippen LogP contribution in [0.15, 0.2) is 47.7 Å². The molecule has 3 rings (SSSR count). The number of nitrogens with zero attached hydrogens (tertiary/aromatic N) is 3. The van der Waals surface area contributed by atoms with Gasteiger partial charge in [-0.1, -0.05) is 0 Å². The van der Waals surface area contributed by atoms with Crippen LogP contribution in [0.5, 0.6) is 5.75 Å². The van der Waals surface area contributed by atoms with E-state index in [1.54, 1.807) is 21.6 Å². The zero-order valence-corrected chi connectivity index (χ0v) is 14.0. The number of nitrogens with two attached hydrogens (primary N) is 1. The van der Waals surface area contributed by atoms with Crippen LogP contribution in [0.3, 0.4) is 0 Å². The van der Waals surface area contributed by atoms with Gasteiger partial charge in [-0.3, -0.25) is 14.0 Å². The molecule has 2 aromatic heterocycles. The monoisotopic (exact) mass is 324 g/mol. The van der Waals surface area contributed by atoms with Crippen LogP contribution in [-0.4, -0.2) is 21.0 Å². The fourth-order valence-corrected chi connectivity index (χ4v) is 2.69. The maximum atomic E-state index is 12.4. The van der Waals surface area contributed by atoms with Crippen LogP contribution in [0.4, 0.5) is 5.69 Å². The summed E-state index contributed by atoms with van der Waals surface area (Å²) < 4.78 is 8.81. The summed E-state index contributed by atoms with van der Waals surface area (Å²) in [6.45, 7) is 4.49. The summed E-state index contributed by atoms with van der Waals surface area (Å²) in [5.41, 5.74) is 9.70. The van der Waals surface area contributed by atoms with Crippen LogP contribution in [0.25, 0.3) is 16.8 Å². The highest BCUT2D eigenvalue weighted by Crippen LogP contribution is 2.26. The Morgan fingerprint density at radius 2 is 2.04 bits per heavy atom. The third-order valence-electron chi connectivity index (χ3n) is 3.84. The normalized spacial score (nSPS) is 10.8. The number of anilines is 1. The van der Waals surface area contributed by atoms with Gasteiger partial charge in [-0.25, -0.2) is 0 Å². The molecule has 0 saturated heterocycles. The zero-order valence-electron chi connectivity index (χ0n) is 14.0. The van der Waals surface area contributed by atoms with E-state index in [9.17, 15) is 4.79 Å². The van der Waals surface area contributed by atoms with Crippen molar-refractivity contribution in [2.45, 2.75) is 13.8 Å². The number of aryl methyl sites for hydroxylation is 2. The quantitative estimate of drug-likeness (QED) is 0.800. The van der Waals surface area contributed by atoms with E-state index in [1.165, 1.54) is 6.07 Å². The van der Waals surface area contributed by atoms with Crippen molar-refractivity contribution in [2.75, 3.05) is 12.3 Å². The highest BCUT2D eigenvalue weighted by molar-refractivity contribution is 5.74. The van der Waals surface area contributed by atoms with Crippen LogP contribution < -0.4 is 16.0 Å². The number of nitrogen functional groups attached to an aromatic ring is 1. The first-order valence-electron chi connectivity index (χ1n) is 7.74. The summed E-state index contributed by atoms with van der Waals surface area (Å²) in [6.07, 6.45) is 5.36.